The van der Waals surface area contributed by atoms with Gasteiger partial charge in [-0.15, -0.1) is 0 Å². The van der Waals surface area contributed by atoms with Crippen LogP contribution in [0.3, 0.4) is 0 Å². The van der Waals surface area contributed by atoms with Crippen LogP contribution in [0, 0.1) is 5.41 Å². The molecule has 0 spiro atoms. The normalized spacial score (nSPS) is 53.5. The third kappa shape index (κ3) is 0.859. The number of hydrogen-bond donors (Lipinski definition) is 1. The van der Waals surface area contributed by atoms with Crippen molar-refractivity contribution >= 4 is 0 Å². The van der Waals surface area contributed by atoms with E-state index in [1.807, 2.05) is 6.92 Å². The Labute approximate surface area is 67.6 Å². The smallest absolute Gasteiger partial charge is 0.118 e. The summed E-state index contributed by atoms with van der Waals surface area (Å²) in [6.45, 7) is 6.24. The molecule has 2 fully saturated rings. The fraction of sp³-hybridized carbons (Fsp3) is 1.00. The van der Waals surface area contributed by atoms with Gasteiger partial charge in [0.05, 0.1) is 12.2 Å². The van der Waals surface area contributed by atoms with Crippen molar-refractivity contribution in [2.24, 2.45) is 5.41 Å². The summed E-state index contributed by atoms with van der Waals surface area (Å²) in [5.41, 5.74) is -0.163. The number of aliphatic hydroxyl groups excluding tert-OH is 1. The van der Waals surface area contributed by atoms with E-state index in [-0.39, 0.29) is 17.1 Å². The van der Waals surface area contributed by atoms with Crippen LogP contribution in [0.1, 0.15) is 33.6 Å². The van der Waals surface area contributed by atoms with Gasteiger partial charge < -0.3 is 9.84 Å². The molecule has 2 nitrogen and oxygen atoms in total. The van der Waals surface area contributed by atoms with Crippen molar-refractivity contribution in [1.82, 2.24) is 0 Å². The predicted octanol–water partition coefficient (Wildman–Crippen LogP) is 1.32. The molecule has 2 aliphatic rings. The molecule has 3 atom stereocenters. The van der Waals surface area contributed by atoms with E-state index in [1.165, 1.54) is 0 Å². The largest absolute Gasteiger partial charge is 0.389 e. The lowest BCUT2D eigenvalue weighted by atomic mass is 9.70. The topological polar surface area (TPSA) is 32.8 Å². The molecule has 0 radical (unpaired) electrons. The molecule has 0 aromatic rings. The van der Waals surface area contributed by atoms with E-state index in [1.54, 1.807) is 0 Å². The molecule has 1 aliphatic carbocycles. The second-order valence-corrected chi connectivity index (χ2v) is 4.72. The van der Waals surface area contributed by atoms with Crippen LogP contribution < -0.4 is 0 Å². The van der Waals surface area contributed by atoms with E-state index in [0.717, 1.165) is 12.8 Å². The molecular weight excluding hydrogens is 140 g/mol. The van der Waals surface area contributed by atoms with Crippen LogP contribution in [0.15, 0.2) is 0 Å². The molecule has 3 unspecified atom stereocenters. The molecule has 1 saturated carbocycles. The number of aliphatic hydroxyl groups is 1. The van der Waals surface area contributed by atoms with Crippen LogP contribution in [0.2, 0.25) is 0 Å². The Morgan fingerprint density at radius 2 is 2.00 bits per heavy atom. The molecule has 0 bridgehead atoms. The molecule has 1 saturated heterocycles. The summed E-state index contributed by atoms with van der Waals surface area (Å²) < 4.78 is 5.46. The highest BCUT2D eigenvalue weighted by atomic mass is 16.6. The van der Waals surface area contributed by atoms with Crippen molar-refractivity contribution in [3.63, 3.8) is 0 Å². The first-order chi connectivity index (χ1) is 4.97. The summed E-state index contributed by atoms with van der Waals surface area (Å²) >= 11 is 0. The average Bonchev–Trinajstić information content (AvgIpc) is 2.57. The van der Waals surface area contributed by atoms with E-state index in [4.69, 9.17) is 4.74 Å². The van der Waals surface area contributed by atoms with Crippen molar-refractivity contribution in [2.75, 3.05) is 0 Å². The van der Waals surface area contributed by atoms with Crippen LogP contribution in [0.5, 0.6) is 0 Å². The maximum atomic E-state index is 9.88. The van der Waals surface area contributed by atoms with Crippen molar-refractivity contribution in [2.45, 2.75) is 51.4 Å². The van der Waals surface area contributed by atoms with Gasteiger partial charge in [0.15, 0.2) is 0 Å². The summed E-state index contributed by atoms with van der Waals surface area (Å²) in [4.78, 5) is 0. The zero-order valence-corrected chi connectivity index (χ0v) is 7.42. The van der Waals surface area contributed by atoms with Crippen molar-refractivity contribution in [3.05, 3.63) is 0 Å². The Hall–Kier alpha value is -0.0800. The number of fused-ring (bicyclic) bond motifs is 1. The van der Waals surface area contributed by atoms with Crippen LogP contribution in [0.4, 0.5) is 0 Å². The van der Waals surface area contributed by atoms with Gasteiger partial charge >= 0.3 is 0 Å². The van der Waals surface area contributed by atoms with Gasteiger partial charge in [-0.1, -0.05) is 13.8 Å². The lowest BCUT2D eigenvalue weighted by Crippen LogP contribution is -2.45. The number of rotatable bonds is 0. The predicted molar refractivity (Wildman–Crippen MR) is 42.3 cm³/mol. The number of ether oxygens (including phenoxy) is 1. The fourth-order valence-corrected chi connectivity index (χ4v) is 2.27. The van der Waals surface area contributed by atoms with Crippen LogP contribution >= 0.6 is 0 Å². The summed E-state index contributed by atoms with van der Waals surface area (Å²) in [5, 5.41) is 9.88. The van der Waals surface area contributed by atoms with Gasteiger partial charge in [-0.25, -0.2) is 0 Å². The molecule has 1 N–H and O–H groups in total. The van der Waals surface area contributed by atoms with Gasteiger partial charge in [0.1, 0.15) is 5.60 Å². The minimum atomic E-state index is -0.284. The summed E-state index contributed by atoms with van der Waals surface area (Å²) in [6.07, 6.45) is 2.24. The molecule has 1 heterocycles. The van der Waals surface area contributed by atoms with Crippen molar-refractivity contribution < 1.29 is 9.84 Å². The standard InChI is InChI=1S/C9H16O2/c1-8(2)5-4-6-9(3,11-6)7(8)10/h6-7,10H,4-5H2,1-3H3. The van der Waals surface area contributed by atoms with E-state index >= 15 is 0 Å². The zero-order valence-electron chi connectivity index (χ0n) is 7.42. The number of hydrogen-bond acceptors (Lipinski definition) is 2. The van der Waals surface area contributed by atoms with Crippen molar-refractivity contribution in [1.29, 1.82) is 0 Å². The first kappa shape index (κ1) is 7.56. The van der Waals surface area contributed by atoms with Crippen LogP contribution in [0.25, 0.3) is 0 Å². The lowest BCUT2D eigenvalue weighted by molar-refractivity contribution is -0.0192. The maximum Gasteiger partial charge on any atom is 0.118 e. The van der Waals surface area contributed by atoms with Crippen molar-refractivity contribution in [3.8, 4) is 0 Å². The fourth-order valence-electron chi connectivity index (χ4n) is 2.27. The third-order valence-corrected chi connectivity index (χ3v) is 3.31. The SMILES string of the molecule is CC1(C)CCC2OC2(C)C1O. The highest BCUT2D eigenvalue weighted by Gasteiger charge is 2.63. The third-order valence-electron chi connectivity index (χ3n) is 3.31. The van der Waals surface area contributed by atoms with Gasteiger partial charge in [-0.05, 0) is 25.2 Å². The molecule has 0 aromatic heterocycles. The Morgan fingerprint density at radius 3 is 2.55 bits per heavy atom. The van der Waals surface area contributed by atoms with E-state index in [9.17, 15) is 5.11 Å². The van der Waals surface area contributed by atoms with Gasteiger partial charge in [-0.3, -0.25) is 0 Å². The van der Waals surface area contributed by atoms with Gasteiger partial charge in [0, 0.05) is 0 Å². The second kappa shape index (κ2) is 1.80. The average molecular weight is 156 g/mol. The summed E-state index contributed by atoms with van der Waals surface area (Å²) in [7, 11) is 0. The minimum absolute atomic E-state index is 0.0434. The Morgan fingerprint density at radius 1 is 1.36 bits per heavy atom. The molecule has 2 rings (SSSR count). The number of epoxide rings is 1. The molecule has 0 aromatic carbocycles. The van der Waals surface area contributed by atoms with Crippen LogP contribution in [-0.4, -0.2) is 22.9 Å². The van der Waals surface area contributed by atoms with Crippen LogP contribution in [-0.2, 0) is 4.74 Å². The molecule has 11 heavy (non-hydrogen) atoms. The van der Waals surface area contributed by atoms with Gasteiger partial charge in [0.2, 0.25) is 0 Å². The Balaban J connectivity index is 2.21. The highest BCUT2D eigenvalue weighted by Crippen LogP contribution is 2.53. The molecule has 2 heteroatoms. The van der Waals surface area contributed by atoms with E-state index in [0.29, 0.717) is 6.10 Å². The quantitative estimate of drug-likeness (QED) is 0.537. The van der Waals surface area contributed by atoms with Gasteiger partial charge in [0.25, 0.3) is 0 Å². The summed E-state index contributed by atoms with van der Waals surface area (Å²) in [6, 6.07) is 0. The maximum absolute atomic E-state index is 9.88. The molecule has 1 aliphatic heterocycles. The molecule has 0 amide bonds. The molecular formula is C9H16O2. The second-order valence-electron chi connectivity index (χ2n) is 4.72. The van der Waals surface area contributed by atoms with E-state index in [2.05, 4.69) is 13.8 Å². The Bertz CT molecular complexity index is 183. The monoisotopic (exact) mass is 156 g/mol. The zero-order chi connectivity index (χ0) is 8.28. The van der Waals surface area contributed by atoms with E-state index < -0.39 is 0 Å². The van der Waals surface area contributed by atoms with Gasteiger partial charge in [-0.2, -0.15) is 0 Å². The first-order valence-electron chi connectivity index (χ1n) is 4.33. The summed E-state index contributed by atoms with van der Waals surface area (Å²) in [5.74, 6) is 0. The molecule has 64 valence electrons. The first-order valence-corrected chi connectivity index (χ1v) is 4.33. The lowest BCUT2D eigenvalue weighted by Gasteiger charge is -2.36. The minimum Gasteiger partial charge on any atom is -0.389 e. The Kier molecular flexibility index (Phi) is 1.24. The highest BCUT2D eigenvalue weighted by molar-refractivity contribution is 5.12.